The molecule has 0 aliphatic heterocycles. The second-order valence-corrected chi connectivity index (χ2v) is 4.41. The van der Waals surface area contributed by atoms with Crippen molar-refractivity contribution in [3.05, 3.63) is 64.4 Å². The summed E-state index contributed by atoms with van der Waals surface area (Å²) in [6, 6.07) is 11.3. The fraction of sp³-hybridized carbons (Fsp3) is 0.154. The molecule has 2 aromatic rings. The van der Waals surface area contributed by atoms with E-state index in [1.807, 2.05) is 30.3 Å². The predicted molar refractivity (Wildman–Crippen MR) is 65.9 cm³/mol. The Morgan fingerprint density at radius 3 is 2.62 bits per heavy atom. The van der Waals surface area contributed by atoms with Crippen molar-refractivity contribution in [1.82, 2.24) is 4.98 Å². The molecule has 0 aliphatic rings. The van der Waals surface area contributed by atoms with Gasteiger partial charge in [0.1, 0.15) is 6.17 Å². The molecule has 2 rings (SSSR count). The molecule has 1 heterocycles. The van der Waals surface area contributed by atoms with E-state index >= 15 is 0 Å². The quantitative estimate of drug-likeness (QED) is 0.825. The van der Waals surface area contributed by atoms with Gasteiger partial charge >= 0.3 is 0 Å². The smallest absolute Gasteiger partial charge is 0.130 e. The fourth-order valence-corrected chi connectivity index (χ4v) is 2.07. The van der Waals surface area contributed by atoms with Crippen molar-refractivity contribution >= 4 is 15.9 Å². The molecule has 0 fully saturated rings. The van der Waals surface area contributed by atoms with Crippen molar-refractivity contribution in [2.75, 3.05) is 0 Å². The van der Waals surface area contributed by atoms with Crippen LogP contribution in [-0.2, 0) is 6.42 Å². The SMILES string of the molecule is FC(Cc1ccccc1)c1ccncc1Br. The number of alkyl halides is 1. The number of halogens is 2. The molecule has 1 aromatic heterocycles. The molecule has 82 valence electrons. The lowest BCUT2D eigenvalue weighted by Gasteiger charge is -2.09. The summed E-state index contributed by atoms with van der Waals surface area (Å²) in [5.41, 5.74) is 1.65. The molecule has 0 saturated heterocycles. The highest BCUT2D eigenvalue weighted by Crippen LogP contribution is 2.27. The summed E-state index contributed by atoms with van der Waals surface area (Å²) in [5, 5.41) is 0. The molecule has 1 unspecified atom stereocenters. The maximum atomic E-state index is 14.0. The molecule has 0 saturated carbocycles. The number of rotatable bonds is 3. The van der Waals surface area contributed by atoms with Crippen LogP contribution in [0.15, 0.2) is 53.3 Å². The van der Waals surface area contributed by atoms with Crippen LogP contribution < -0.4 is 0 Å². The molecule has 3 heteroatoms. The number of hydrogen-bond acceptors (Lipinski definition) is 1. The minimum absolute atomic E-state index is 0.392. The lowest BCUT2D eigenvalue weighted by atomic mass is 10.0. The molecular weight excluding hydrogens is 269 g/mol. The normalized spacial score (nSPS) is 12.4. The molecule has 16 heavy (non-hydrogen) atoms. The van der Waals surface area contributed by atoms with E-state index in [9.17, 15) is 4.39 Å². The first-order valence-corrected chi connectivity index (χ1v) is 5.84. The molecule has 1 aromatic carbocycles. The molecule has 1 nitrogen and oxygen atoms in total. The molecule has 0 bridgehead atoms. The summed E-state index contributed by atoms with van der Waals surface area (Å²) in [6.07, 6.45) is 2.62. The molecular formula is C13H11BrFN. The number of benzene rings is 1. The zero-order valence-electron chi connectivity index (χ0n) is 8.61. The second kappa shape index (κ2) is 5.21. The average molecular weight is 280 g/mol. The highest BCUT2D eigenvalue weighted by molar-refractivity contribution is 9.10. The van der Waals surface area contributed by atoms with E-state index in [0.29, 0.717) is 12.0 Å². The van der Waals surface area contributed by atoms with Crippen molar-refractivity contribution in [3.8, 4) is 0 Å². The minimum atomic E-state index is -1.00. The Morgan fingerprint density at radius 1 is 1.19 bits per heavy atom. The third kappa shape index (κ3) is 2.67. The molecule has 1 atom stereocenters. The summed E-state index contributed by atoms with van der Waals surface area (Å²) in [4.78, 5) is 3.92. The van der Waals surface area contributed by atoms with Crippen LogP contribution in [0.2, 0.25) is 0 Å². The van der Waals surface area contributed by atoms with Crippen LogP contribution in [0.3, 0.4) is 0 Å². The van der Waals surface area contributed by atoms with Crippen LogP contribution in [0, 0.1) is 0 Å². The van der Waals surface area contributed by atoms with Crippen LogP contribution in [0.4, 0.5) is 4.39 Å². The zero-order valence-corrected chi connectivity index (χ0v) is 10.2. The van der Waals surface area contributed by atoms with E-state index in [2.05, 4.69) is 20.9 Å². The van der Waals surface area contributed by atoms with E-state index < -0.39 is 6.17 Å². The van der Waals surface area contributed by atoms with Gasteiger partial charge in [-0.15, -0.1) is 0 Å². The van der Waals surface area contributed by atoms with Crippen LogP contribution in [0.25, 0.3) is 0 Å². The van der Waals surface area contributed by atoms with Crippen LogP contribution in [0.1, 0.15) is 17.3 Å². The Bertz CT molecular complexity index is 458. The summed E-state index contributed by atoms with van der Waals surface area (Å²) >= 11 is 3.31. The van der Waals surface area contributed by atoms with E-state index in [1.54, 1.807) is 18.5 Å². The van der Waals surface area contributed by atoms with Gasteiger partial charge in [0.2, 0.25) is 0 Å². The van der Waals surface area contributed by atoms with Gasteiger partial charge < -0.3 is 0 Å². The zero-order chi connectivity index (χ0) is 11.4. The summed E-state index contributed by atoms with van der Waals surface area (Å²) in [7, 11) is 0. The molecule has 0 N–H and O–H groups in total. The number of pyridine rings is 1. The fourth-order valence-electron chi connectivity index (χ4n) is 1.57. The van der Waals surface area contributed by atoms with Crippen molar-refractivity contribution in [3.63, 3.8) is 0 Å². The van der Waals surface area contributed by atoms with Gasteiger partial charge in [0.05, 0.1) is 0 Å². The van der Waals surface area contributed by atoms with Gasteiger partial charge in [-0.2, -0.15) is 0 Å². The number of nitrogens with zero attached hydrogens (tertiary/aromatic N) is 1. The van der Waals surface area contributed by atoms with Crippen molar-refractivity contribution in [2.24, 2.45) is 0 Å². The largest absolute Gasteiger partial charge is 0.264 e. The highest BCUT2D eigenvalue weighted by Gasteiger charge is 2.13. The van der Waals surface area contributed by atoms with Crippen molar-refractivity contribution < 1.29 is 4.39 Å². The van der Waals surface area contributed by atoms with Gasteiger partial charge in [-0.1, -0.05) is 30.3 Å². The summed E-state index contributed by atoms with van der Waals surface area (Å²) in [6.45, 7) is 0. The Morgan fingerprint density at radius 2 is 1.94 bits per heavy atom. The maximum Gasteiger partial charge on any atom is 0.130 e. The Balaban J connectivity index is 2.15. The Labute approximate surface area is 102 Å². The van der Waals surface area contributed by atoms with E-state index in [1.165, 1.54) is 0 Å². The first-order valence-electron chi connectivity index (χ1n) is 5.05. The topological polar surface area (TPSA) is 12.9 Å². The van der Waals surface area contributed by atoms with Gasteiger partial charge in [-0.3, -0.25) is 4.98 Å². The van der Waals surface area contributed by atoms with Gasteiger partial charge in [0, 0.05) is 28.9 Å². The first kappa shape index (κ1) is 11.3. The first-order chi connectivity index (χ1) is 7.77. The highest BCUT2D eigenvalue weighted by atomic mass is 79.9. The van der Waals surface area contributed by atoms with E-state index in [0.717, 1.165) is 10.0 Å². The van der Waals surface area contributed by atoms with Gasteiger partial charge in [0.15, 0.2) is 0 Å². The predicted octanol–water partition coefficient (Wildman–Crippen LogP) is 4.10. The summed E-state index contributed by atoms with van der Waals surface area (Å²) in [5.74, 6) is 0. The maximum absolute atomic E-state index is 14.0. The average Bonchev–Trinajstić information content (AvgIpc) is 2.31. The van der Waals surface area contributed by atoms with Crippen LogP contribution in [-0.4, -0.2) is 4.98 Å². The number of hydrogen-bond donors (Lipinski definition) is 0. The third-order valence-electron chi connectivity index (χ3n) is 2.40. The number of aromatic nitrogens is 1. The Kier molecular flexibility index (Phi) is 3.67. The minimum Gasteiger partial charge on any atom is -0.264 e. The van der Waals surface area contributed by atoms with E-state index in [-0.39, 0.29) is 0 Å². The molecule has 0 radical (unpaired) electrons. The van der Waals surface area contributed by atoms with Crippen molar-refractivity contribution in [2.45, 2.75) is 12.6 Å². The van der Waals surface area contributed by atoms with Crippen molar-refractivity contribution in [1.29, 1.82) is 0 Å². The standard InChI is InChI=1S/C13H11BrFN/c14-12-9-16-7-6-11(12)13(15)8-10-4-2-1-3-5-10/h1-7,9,13H,8H2. The third-order valence-corrected chi connectivity index (χ3v) is 3.06. The van der Waals surface area contributed by atoms with Gasteiger partial charge in [-0.05, 0) is 27.6 Å². The molecule has 0 amide bonds. The van der Waals surface area contributed by atoms with Crippen LogP contribution in [0.5, 0.6) is 0 Å². The van der Waals surface area contributed by atoms with Gasteiger partial charge in [0.25, 0.3) is 0 Å². The monoisotopic (exact) mass is 279 g/mol. The summed E-state index contributed by atoms with van der Waals surface area (Å²) < 4.78 is 14.7. The lowest BCUT2D eigenvalue weighted by molar-refractivity contribution is 0.341. The molecule has 0 aliphatic carbocycles. The van der Waals surface area contributed by atoms with E-state index in [4.69, 9.17) is 0 Å². The lowest BCUT2D eigenvalue weighted by Crippen LogP contribution is -1.98. The molecule has 0 spiro atoms. The van der Waals surface area contributed by atoms with Crippen LogP contribution >= 0.6 is 15.9 Å². The second-order valence-electron chi connectivity index (χ2n) is 3.55. The Hall–Kier alpha value is -1.22. The van der Waals surface area contributed by atoms with Gasteiger partial charge in [-0.25, -0.2) is 4.39 Å².